The molecule has 0 radical (unpaired) electrons. The molecule has 0 aliphatic carbocycles. The van der Waals surface area contributed by atoms with Crippen molar-refractivity contribution in [2.75, 3.05) is 39.8 Å². The van der Waals surface area contributed by atoms with E-state index in [2.05, 4.69) is 5.32 Å². The van der Waals surface area contributed by atoms with E-state index >= 15 is 0 Å². The number of nitrogens with one attached hydrogen (secondary N) is 1. The Morgan fingerprint density at radius 2 is 1.76 bits per heavy atom. The van der Waals surface area contributed by atoms with Crippen LogP contribution < -0.4 is 5.32 Å². The Bertz CT molecular complexity index is 972. The number of hydrogen-bond donors (Lipinski definition) is 1. The summed E-state index contributed by atoms with van der Waals surface area (Å²) in [6, 6.07) is 5.98. The lowest BCUT2D eigenvalue weighted by Gasteiger charge is -2.37. The van der Waals surface area contributed by atoms with Crippen molar-refractivity contribution >= 4 is 27.8 Å². The predicted molar refractivity (Wildman–Crippen MR) is 122 cm³/mol. The maximum Gasteiger partial charge on any atom is 0.339 e. The van der Waals surface area contributed by atoms with Gasteiger partial charge in [-0.15, -0.1) is 0 Å². The van der Waals surface area contributed by atoms with Gasteiger partial charge in [-0.05, 0) is 44.2 Å². The van der Waals surface area contributed by atoms with Crippen LogP contribution in [0.3, 0.4) is 0 Å². The van der Waals surface area contributed by atoms with Crippen molar-refractivity contribution in [1.82, 2.24) is 14.5 Å². The molecular formula is C23H33N3O6S. The van der Waals surface area contributed by atoms with Crippen molar-refractivity contribution in [3.05, 3.63) is 29.8 Å². The van der Waals surface area contributed by atoms with Crippen LogP contribution >= 0.6 is 0 Å². The predicted octanol–water partition coefficient (Wildman–Crippen LogP) is 1.64. The quantitative estimate of drug-likeness (QED) is 0.595. The molecule has 1 aromatic carbocycles. The lowest BCUT2D eigenvalue weighted by Crippen LogP contribution is -2.49. The van der Waals surface area contributed by atoms with E-state index in [4.69, 9.17) is 4.74 Å². The summed E-state index contributed by atoms with van der Waals surface area (Å²) in [4.78, 5) is 39.1. The molecule has 33 heavy (non-hydrogen) atoms. The van der Waals surface area contributed by atoms with Gasteiger partial charge in [-0.3, -0.25) is 9.59 Å². The number of hydrogen-bond acceptors (Lipinski definition) is 6. The molecule has 2 fully saturated rings. The molecule has 0 aromatic heterocycles. The summed E-state index contributed by atoms with van der Waals surface area (Å²) in [6.07, 6.45) is 3.24. The molecule has 1 unspecified atom stereocenters. The summed E-state index contributed by atoms with van der Waals surface area (Å²) < 4.78 is 32.4. The number of methoxy groups -OCH3 is 1. The fraction of sp³-hybridized carbons (Fsp3) is 0.609. The number of sulfonamides is 1. The van der Waals surface area contributed by atoms with Gasteiger partial charge in [0.2, 0.25) is 21.8 Å². The third-order valence-electron chi connectivity index (χ3n) is 6.37. The number of carbonyl (C=O) groups excluding carboxylic acids is 3. The van der Waals surface area contributed by atoms with Gasteiger partial charge in [0, 0.05) is 38.6 Å². The van der Waals surface area contributed by atoms with Gasteiger partial charge in [0.15, 0.2) is 0 Å². The van der Waals surface area contributed by atoms with Crippen LogP contribution in [0.25, 0.3) is 0 Å². The number of likely N-dealkylation sites (tertiary alicyclic amines) is 1. The van der Waals surface area contributed by atoms with Crippen molar-refractivity contribution in [2.45, 2.75) is 43.9 Å². The molecule has 0 spiro atoms. The SMILES string of the molecule is CCCNC(=O)C1CCCN(C(=O)C2CCN(S(=O)(=O)c3ccccc3C(=O)OC)CC2)C1. The molecule has 1 N–H and O–H groups in total. The molecule has 2 saturated heterocycles. The first-order chi connectivity index (χ1) is 15.8. The Morgan fingerprint density at radius 1 is 1.06 bits per heavy atom. The van der Waals surface area contributed by atoms with Crippen LogP contribution in [-0.4, -0.2) is 75.2 Å². The van der Waals surface area contributed by atoms with E-state index in [1.54, 1.807) is 17.0 Å². The molecule has 9 nitrogen and oxygen atoms in total. The zero-order valence-corrected chi connectivity index (χ0v) is 20.1. The summed E-state index contributed by atoms with van der Waals surface area (Å²) in [5.74, 6) is -1.18. The number of carbonyl (C=O) groups is 3. The second-order valence-electron chi connectivity index (χ2n) is 8.58. The average Bonchev–Trinajstić information content (AvgIpc) is 2.86. The third kappa shape index (κ3) is 5.73. The fourth-order valence-corrected chi connectivity index (χ4v) is 6.14. The standard InChI is InChI=1S/C23H33N3O6S/c1-3-12-24-21(27)18-7-6-13-25(16-18)22(28)17-10-14-26(15-11-17)33(30,31)20-9-5-4-8-19(20)23(29)32-2/h4-5,8-9,17-18H,3,6-7,10-16H2,1-2H3,(H,24,27). The molecular weight excluding hydrogens is 446 g/mol. The minimum Gasteiger partial charge on any atom is -0.465 e. The van der Waals surface area contributed by atoms with Crippen LogP contribution in [0, 0.1) is 11.8 Å². The number of ether oxygens (including phenoxy) is 1. The van der Waals surface area contributed by atoms with Gasteiger partial charge in [0.25, 0.3) is 0 Å². The minimum atomic E-state index is -3.90. The van der Waals surface area contributed by atoms with Crippen molar-refractivity contribution in [3.8, 4) is 0 Å². The molecule has 0 saturated carbocycles. The topological polar surface area (TPSA) is 113 Å². The van der Waals surface area contributed by atoms with E-state index in [-0.39, 0.29) is 47.2 Å². The van der Waals surface area contributed by atoms with E-state index in [0.29, 0.717) is 32.5 Å². The van der Waals surface area contributed by atoms with Gasteiger partial charge >= 0.3 is 5.97 Å². The average molecular weight is 480 g/mol. The number of piperidine rings is 2. The minimum absolute atomic E-state index is 0.000431. The van der Waals surface area contributed by atoms with Crippen molar-refractivity contribution in [2.24, 2.45) is 11.8 Å². The molecule has 182 valence electrons. The Labute approximate surface area is 195 Å². The molecule has 2 aliphatic rings. The lowest BCUT2D eigenvalue weighted by molar-refractivity contribution is -0.140. The van der Waals surface area contributed by atoms with E-state index in [9.17, 15) is 22.8 Å². The maximum atomic E-state index is 13.2. The smallest absolute Gasteiger partial charge is 0.339 e. The highest BCUT2D eigenvalue weighted by atomic mass is 32.2. The van der Waals surface area contributed by atoms with Gasteiger partial charge < -0.3 is 15.0 Å². The first-order valence-corrected chi connectivity index (χ1v) is 13.0. The Hall–Kier alpha value is -2.46. The molecule has 3 rings (SSSR count). The molecule has 2 amide bonds. The van der Waals surface area contributed by atoms with Gasteiger partial charge in [0.1, 0.15) is 0 Å². The second kappa shape index (κ2) is 11.1. The first kappa shape index (κ1) is 25.2. The van der Waals surface area contributed by atoms with Crippen molar-refractivity contribution < 1.29 is 27.5 Å². The summed E-state index contributed by atoms with van der Waals surface area (Å²) in [5, 5.41) is 2.91. The zero-order valence-electron chi connectivity index (χ0n) is 19.3. The van der Waals surface area contributed by atoms with Gasteiger partial charge in [-0.2, -0.15) is 4.31 Å². The number of esters is 1. The maximum absolute atomic E-state index is 13.2. The van der Waals surface area contributed by atoms with Crippen molar-refractivity contribution in [3.63, 3.8) is 0 Å². The van der Waals surface area contributed by atoms with Crippen molar-refractivity contribution in [1.29, 1.82) is 0 Å². The van der Waals surface area contributed by atoms with Gasteiger partial charge in [0.05, 0.1) is 23.5 Å². The van der Waals surface area contributed by atoms with Crippen LogP contribution in [0.4, 0.5) is 0 Å². The highest BCUT2D eigenvalue weighted by Gasteiger charge is 2.37. The molecule has 2 heterocycles. The van der Waals surface area contributed by atoms with Crippen LogP contribution in [0.1, 0.15) is 49.4 Å². The number of nitrogens with zero attached hydrogens (tertiary/aromatic N) is 2. The van der Waals surface area contributed by atoms with E-state index in [1.165, 1.54) is 23.5 Å². The Kier molecular flexibility index (Phi) is 8.47. The third-order valence-corrected chi connectivity index (χ3v) is 8.32. The zero-order chi connectivity index (χ0) is 24.0. The molecule has 10 heteroatoms. The van der Waals surface area contributed by atoms with E-state index in [1.807, 2.05) is 6.92 Å². The van der Waals surface area contributed by atoms with E-state index < -0.39 is 16.0 Å². The number of rotatable bonds is 7. The van der Waals surface area contributed by atoms with Gasteiger partial charge in [-0.1, -0.05) is 19.1 Å². The summed E-state index contributed by atoms with van der Waals surface area (Å²) >= 11 is 0. The van der Waals surface area contributed by atoms with Crippen LogP contribution in [-0.2, 0) is 24.3 Å². The monoisotopic (exact) mass is 479 g/mol. The Balaban J connectivity index is 1.62. The molecule has 1 aromatic rings. The van der Waals surface area contributed by atoms with E-state index in [0.717, 1.165) is 19.3 Å². The second-order valence-corrected chi connectivity index (χ2v) is 10.5. The fourth-order valence-electron chi connectivity index (χ4n) is 4.49. The Morgan fingerprint density at radius 3 is 2.42 bits per heavy atom. The molecule has 2 aliphatic heterocycles. The number of amides is 2. The number of benzene rings is 1. The van der Waals surface area contributed by atoms with Gasteiger partial charge in [-0.25, -0.2) is 13.2 Å². The van der Waals surface area contributed by atoms with Crippen LogP contribution in [0.2, 0.25) is 0 Å². The van der Waals surface area contributed by atoms with Crippen LogP contribution in [0.5, 0.6) is 0 Å². The first-order valence-electron chi connectivity index (χ1n) is 11.5. The highest BCUT2D eigenvalue weighted by molar-refractivity contribution is 7.89. The normalized spacial score (nSPS) is 20.3. The summed E-state index contributed by atoms with van der Waals surface area (Å²) in [6.45, 7) is 4.07. The van der Waals surface area contributed by atoms with Crippen LogP contribution in [0.15, 0.2) is 29.2 Å². The lowest BCUT2D eigenvalue weighted by atomic mass is 9.92. The largest absolute Gasteiger partial charge is 0.465 e. The molecule has 0 bridgehead atoms. The summed E-state index contributed by atoms with van der Waals surface area (Å²) in [5.41, 5.74) is -0.00101. The highest BCUT2D eigenvalue weighted by Crippen LogP contribution is 2.28. The molecule has 1 atom stereocenters. The summed E-state index contributed by atoms with van der Waals surface area (Å²) in [7, 11) is -2.69.